The van der Waals surface area contributed by atoms with Crippen molar-refractivity contribution in [2.24, 2.45) is 0 Å². The van der Waals surface area contributed by atoms with Crippen molar-refractivity contribution < 1.29 is 4.79 Å². The summed E-state index contributed by atoms with van der Waals surface area (Å²) in [6, 6.07) is 16.6. The van der Waals surface area contributed by atoms with Crippen LogP contribution in [0.2, 0.25) is 0 Å². The van der Waals surface area contributed by atoms with Crippen LogP contribution in [0.15, 0.2) is 53.0 Å². The molecular weight excluding hydrogens is 364 g/mol. The van der Waals surface area contributed by atoms with Crippen LogP contribution >= 0.6 is 15.9 Å². The topological polar surface area (TPSA) is 32.3 Å². The molecule has 0 radical (unpaired) electrons. The number of halogens is 1. The lowest BCUT2D eigenvalue weighted by molar-refractivity contribution is -0.120. The van der Waals surface area contributed by atoms with Gasteiger partial charge in [-0.05, 0) is 41.7 Å². The average molecular weight is 387 g/mol. The van der Waals surface area contributed by atoms with E-state index in [9.17, 15) is 4.79 Å². The Hall–Kier alpha value is -1.65. The van der Waals surface area contributed by atoms with E-state index in [1.165, 1.54) is 11.1 Å². The van der Waals surface area contributed by atoms with Crippen LogP contribution in [0.3, 0.4) is 0 Å². The molecule has 0 spiro atoms. The number of carbonyl (C=O) groups excluding carboxylic acids is 1. The van der Waals surface area contributed by atoms with Gasteiger partial charge in [-0.3, -0.25) is 9.69 Å². The van der Waals surface area contributed by atoms with Gasteiger partial charge >= 0.3 is 0 Å². The lowest BCUT2D eigenvalue weighted by Gasteiger charge is -2.28. The first-order valence-corrected chi connectivity index (χ1v) is 9.30. The number of hydrogen-bond donors (Lipinski definition) is 1. The first kappa shape index (κ1) is 17.2. The van der Waals surface area contributed by atoms with E-state index in [-0.39, 0.29) is 5.91 Å². The van der Waals surface area contributed by atoms with E-state index in [4.69, 9.17) is 0 Å². The summed E-state index contributed by atoms with van der Waals surface area (Å²) in [4.78, 5) is 14.5. The fraction of sp³-hybridized carbons (Fsp3) is 0.350. The van der Waals surface area contributed by atoms with Crippen LogP contribution in [0.5, 0.6) is 0 Å². The first-order valence-electron chi connectivity index (χ1n) is 8.51. The summed E-state index contributed by atoms with van der Waals surface area (Å²) in [5, 5.41) is 3.03. The van der Waals surface area contributed by atoms with Crippen molar-refractivity contribution in [1.29, 1.82) is 0 Å². The highest BCUT2D eigenvalue weighted by Gasteiger charge is 2.14. The van der Waals surface area contributed by atoms with E-state index in [2.05, 4.69) is 50.4 Å². The molecule has 1 heterocycles. The Morgan fingerprint density at radius 2 is 1.96 bits per heavy atom. The lowest BCUT2D eigenvalue weighted by atomic mass is 10.00. The maximum atomic E-state index is 12.0. The van der Waals surface area contributed by atoms with Crippen LogP contribution in [0.1, 0.15) is 23.1 Å². The predicted octanol–water partition coefficient (Wildman–Crippen LogP) is 3.56. The molecule has 0 aromatic heterocycles. The molecule has 1 aliphatic heterocycles. The molecular formula is C20H23BrN2O. The summed E-state index contributed by atoms with van der Waals surface area (Å²) in [7, 11) is 0. The van der Waals surface area contributed by atoms with Gasteiger partial charge in [-0.15, -0.1) is 0 Å². The Labute approximate surface area is 152 Å². The summed E-state index contributed by atoms with van der Waals surface area (Å²) in [5.41, 5.74) is 3.97. The van der Waals surface area contributed by atoms with Crippen molar-refractivity contribution in [2.75, 3.05) is 19.6 Å². The molecule has 1 amide bonds. The monoisotopic (exact) mass is 386 g/mol. The second-order valence-corrected chi connectivity index (χ2v) is 7.22. The minimum atomic E-state index is 0.0945. The highest BCUT2D eigenvalue weighted by Crippen LogP contribution is 2.18. The molecule has 0 atom stereocenters. The van der Waals surface area contributed by atoms with Crippen molar-refractivity contribution in [3.8, 4) is 0 Å². The summed E-state index contributed by atoms with van der Waals surface area (Å²) in [6.07, 6.45) is 2.56. The quantitative estimate of drug-likeness (QED) is 0.769. The van der Waals surface area contributed by atoms with Gasteiger partial charge in [-0.25, -0.2) is 0 Å². The fourth-order valence-electron chi connectivity index (χ4n) is 3.17. The van der Waals surface area contributed by atoms with Crippen LogP contribution in [0.4, 0.5) is 0 Å². The Bertz CT molecular complexity index is 702. The SMILES string of the molecule is O=C(Cc1cccc(Br)c1)NCCCN1CCc2ccccc2C1. The molecule has 2 aromatic carbocycles. The van der Waals surface area contributed by atoms with Gasteiger partial charge in [-0.1, -0.05) is 52.3 Å². The molecule has 0 saturated carbocycles. The van der Waals surface area contributed by atoms with Crippen molar-refractivity contribution in [3.63, 3.8) is 0 Å². The molecule has 0 saturated heterocycles. The third-order valence-corrected chi connectivity index (χ3v) is 4.93. The summed E-state index contributed by atoms with van der Waals surface area (Å²) in [6.45, 7) is 3.92. The lowest BCUT2D eigenvalue weighted by Crippen LogP contribution is -2.34. The molecule has 1 aliphatic rings. The van der Waals surface area contributed by atoms with E-state index >= 15 is 0 Å². The van der Waals surface area contributed by atoms with E-state index in [1.807, 2.05) is 24.3 Å². The fourth-order valence-corrected chi connectivity index (χ4v) is 3.62. The number of nitrogens with zero attached hydrogens (tertiary/aromatic N) is 1. The third-order valence-electron chi connectivity index (χ3n) is 4.44. The number of benzene rings is 2. The number of nitrogens with one attached hydrogen (secondary N) is 1. The Balaban J connectivity index is 1.36. The van der Waals surface area contributed by atoms with Gasteiger partial charge in [-0.2, -0.15) is 0 Å². The predicted molar refractivity (Wildman–Crippen MR) is 101 cm³/mol. The zero-order valence-corrected chi connectivity index (χ0v) is 15.4. The van der Waals surface area contributed by atoms with Crippen LogP contribution in [0, 0.1) is 0 Å². The molecule has 0 bridgehead atoms. The van der Waals surface area contributed by atoms with Crippen molar-refractivity contribution in [2.45, 2.75) is 25.8 Å². The standard InChI is InChI=1S/C20H23BrN2O/c21-19-8-3-5-16(13-19)14-20(24)22-10-4-11-23-12-9-17-6-1-2-7-18(17)15-23/h1-3,5-8,13H,4,9-12,14-15H2,(H,22,24). The molecule has 0 fully saturated rings. The molecule has 3 nitrogen and oxygen atoms in total. The van der Waals surface area contributed by atoms with E-state index in [0.717, 1.165) is 49.1 Å². The molecule has 126 valence electrons. The zero-order valence-electron chi connectivity index (χ0n) is 13.8. The number of fused-ring (bicyclic) bond motifs is 1. The highest BCUT2D eigenvalue weighted by molar-refractivity contribution is 9.10. The maximum Gasteiger partial charge on any atom is 0.224 e. The molecule has 2 aromatic rings. The van der Waals surface area contributed by atoms with Gasteiger partial charge < -0.3 is 5.32 Å². The van der Waals surface area contributed by atoms with Crippen molar-refractivity contribution in [1.82, 2.24) is 10.2 Å². The molecule has 0 unspecified atom stereocenters. The van der Waals surface area contributed by atoms with Gasteiger partial charge in [0.1, 0.15) is 0 Å². The second-order valence-electron chi connectivity index (χ2n) is 6.31. The number of rotatable bonds is 6. The van der Waals surface area contributed by atoms with Crippen molar-refractivity contribution in [3.05, 3.63) is 69.7 Å². The van der Waals surface area contributed by atoms with E-state index in [1.54, 1.807) is 0 Å². The Kier molecular flexibility index (Phi) is 6.05. The van der Waals surface area contributed by atoms with Gasteiger partial charge in [0.25, 0.3) is 0 Å². The Morgan fingerprint density at radius 1 is 1.12 bits per heavy atom. The van der Waals surface area contributed by atoms with Crippen molar-refractivity contribution >= 4 is 21.8 Å². The first-order chi connectivity index (χ1) is 11.7. The molecule has 3 rings (SSSR count). The molecule has 4 heteroatoms. The molecule has 0 aliphatic carbocycles. The van der Waals surface area contributed by atoms with Gasteiger partial charge in [0, 0.05) is 30.7 Å². The third kappa shape index (κ3) is 4.92. The van der Waals surface area contributed by atoms with Crippen LogP contribution in [0.25, 0.3) is 0 Å². The van der Waals surface area contributed by atoms with Gasteiger partial charge in [0.05, 0.1) is 6.42 Å². The number of hydrogen-bond acceptors (Lipinski definition) is 2. The normalized spacial score (nSPS) is 14.2. The summed E-state index contributed by atoms with van der Waals surface area (Å²) in [5.74, 6) is 0.0945. The smallest absolute Gasteiger partial charge is 0.224 e. The highest BCUT2D eigenvalue weighted by atomic mass is 79.9. The zero-order chi connectivity index (χ0) is 16.8. The van der Waals surface area contributed by atoms with E-state index in [0.29, 0.717) is 6.42 Å². The van der Waals surface area contributed by atoms with Crippen LogP contribution in [-0.2, 0) is 24.2 Å². The molecule has 24 heavy (non-hydrogen) atoms. The largest absolute Gasteiger partial charge is 0.356 e. The van der Waals surface area contributed by atoms with Crippen LogP contribution in [-0.4, -0.2) is 30.4 Å². The maximum absolute atomic E-state index is 12.0. The van der Waals surface area contributed by atoms with Gasteiger partial charge in [0.2, 0.25) is 5.91 Å². The number of amides is 1. The second kappa shape index (κ2) is 8.45. The average Bonchev–Trinajstić information content (AvgIpc) is 2.58. The molecule has 1 N–H and O–H groups in total. The Morgan fingerprint density at radius 3 is 2.79 bits per heavy atom. The summed E-state index contributed by atoms with van der Waals surface area (Å²) >= 11 is 3.43. The summed E-state index contributed by atoms with van der Waals surface area (Å²) < 4.78 is 1.01. The minimum absolute atomic E-state index is 0.0945. The van der Waals surface area contributed by atoms with E-state index < -0.39 is 0 Å². The van der Waals surface area contributed by atoms with Crippen LogP contribution < -0.4 is 5.32 Å². The number of carbonyl (C=O) groups is 1. The van der Waals surface area contributed by atoms with Gasteiger partial charge in [0.15, 0.2) is 0 Å². The minimum Gasteiger partial charge on any atom is -0.356 e.